The molecule has 0 aliphatic carbocycles. The lowest BCUT2D eigenvalue weighted by Gasteiger charge is -2.06. The number of aromatic nitrogens is 1. The van der Waals surface area contributed by atoms with Crippen LogP contribution in [0.3, 0.4) is 0 Å². The molecule has 0 aliphatic rings. The van der Waals surface area contributed by atoms with E-state index in [1.54, 1.807) is 0 Å². The fourth-order valence-corrected chi connectivity index (χ4v) is 3.87. The Hall–Kier alpha value is -1.37. The summed E-state index contributed by atoms with van der Waals surface area (Å²) in [6.45, 7) is 2.29. The standard InChI is InChI=1S/C25H39N/c1-2-3-4-5-6-7-8-9-10-11-12-13-14-15-20-25-24-19-17-16-18-23(24)21-22-26-25/h16-19,21-22H,2-15,20H2,1H3. The molecule has 0 unspecified atom stereocenters. The minimum absolute atomic E-state index is 1.12. The first-order valence-corrected chi connectivity index (χ1v) is 11.2. The fourth-order valence-electron chi connectivity index (χ4n) is 3.87. The third-order valence-electron chi connectivity index (χ3n) is 5.52. The second-order valence-electron chi connectivity index (χ2n) is 7.82. The Balaban J connectivity index is 1.43. The van der Waals surface area contributed by atoms with Gasteiger partial charge in [-0.2, -0.15) is 0 Å². The number of aryl methyl sites for hydroxylation is 1. The molecule has 0 aliphatic heterocycles. The van der Waals surface area contributed by atoms with Crippen LogP contribution in [0.15, 0.2) is 36.5 Å². The molecule has 26 heavy (non-hydrogen) atoms. The Bertz CT molecular complexity index is 584. The number of hydrogen-bond acceptors (Lipinski definition) is 1. The van der Waals surface area contributed by atoms with Crippen LogP contribution in [0.25, 0.3) is 10.8 Å². The number of rotatable bonds is 15. The molecule has 0 N–H and O–H groups in total. The average molecular weight is 354 g/mol. The van der Waals surface area contributed by atoms with Crippen LogP contribution in [0, 0.1) is 0 Å². The van der Waals surface area contributed by atoms with Gasteiger partial charge in [-0.1, -0.05) is 115 Å². The Labute approximate surface area is 161 Å². The van der Waals surface area contributed by atoms with Crippen molar-refractivity contribution in [3.63, 3.8) is 0 Å². The summed E-state index contributed by atoms with van der Waals surface area (Å²) in [6, 6.07) is 10.7. The first-order valence-electron chi connectivity index (χ1n) is 11.2. The van der Waals surface area contributed by atoms with E-state index < -0.39 is 0 Å². The average Bonchev–Trinajstić information content (AvgIpc) is 2.68. The summed E-state index contributed by atoms with van der Waals surface area (Å²) in [5, 5.41) is 2.66. The summed E-state index contributed by atoms with van der Waals surface area (Å²) < 4.78 is 0. The van der Waals surface area contributed by atoms with Gasteiger partial charge in [0.1, 0.15) is 0 Å². The minimum atomic E-state index is 1.12. The van der Waals surface area contributed by atoms with Crippen LogP contribution >= 0.6 is 0 Å². The monoisotopic (exact) mass is 353 g/mol. The highest BCUT2D eigenvalue weighted by atomic mass is 14.7. The van der Waals surface area contributed by atoms with Crippen LogP contribution < -0.4 is 0 Å². The van der Waals surface area contributed by atoms with Gasteiger partial charge in [0.25, 0.3) is 0 Å². The maximum absolute atomic E-state index is 4.61. The van der Waals surface area contributed by atoms with Crippen LogP contribution in [-0.4, -0.2) is 4.98 Å². The van der Waals surface area contributed by atoms with Gasteiger partial charge >= 0.3 is 0 Å². The largest absolute Gasteiger partial charge is 0.261 e. The van der Waals surface area contributed by atoms with Gasteiger partial charge in [-0.25, -0.2) is 0 Å². The molecule has 1 aromatic heterocycles. The normalized spacial score (nSPS) is 11.3. The first kappa shape index (κ1) is 20.9. The third kappa shape index (κ3) is 8.34. The summed E-state index contributed by atoms with van der Waals surface area (Å²) in [4.78, 5) is 4.61. The molecule has 0 radical (unpaired) electrons. The van der Waals surface area contributed by atoms with Gasteiger partial charge in [0.05, 0.1) is 0 Å². The van der Waals surface area contributed by atoms with Crippen molar-refractivity contribution in [1.82, 2.24) is 4.98 Å². The number of fused-ring (bicyclic) bond motifs is 1. The third-order valence-corrected chi connectivity index (χ3v) is 5.52. The van der Waals surface area contributed by atoms with Crippen LogP contribution in [0.1, 0.15) is 103 Å². The fraction of sp³-hybridized carbons (Fsp3) is 0.640. The predicted molar refractivity (Wildman–Crippen MR) is 116 cm³/mol. The molecule has 0 saturated heterocycles. The lowest BCUT2D eigenvalue weighted by atomic mass is 10.0. The molecule has 0 fully saturated rings. The number of benzene rings is 1. The van der Waals surface area contributed by atoms with Crippen molar-refractivity contribution in [3.05, 3.63) is 42.2 Å². The molecule has 0 amide bonds. The quantitative estimate of drug-likeness (QED) is 0.294. The van der Waals surface area contributed by atoms with Crippen molar-refractivity contribution in [3.8, 4) is 0 Å². The van der Waals surface area contributed by atoms with Crippen molar-refractivity contribution in [2.45, 2.75) is 103 Å². The number of hydrogen-bond donors (Lipinski definition) is 0. The zero-order chi connectivity index (χ0) is 18.3. The van der Waals surface area contributed by atoms with E-state index in [1.165, 1.54) is 106 Å². The molecular weight excluding hydrogens is 314 g/mol. The molecule has 2 aromatic rings. The molecule has 1 heterocycles. The van der Waals surface area contributed by atoms with Gasteiger partial charge in [-0.3, -0.25) is 4.98 Å². The highest BCUT2D eigenvalue weighted by Crippen LogP contribution is 2.19. The molecule has 2 rings (SSSR count). The molecule has 0 bridgehead atoms. The van der Waals surface area contributed by atoms with Crippen LogP contribution in [0.4, 0.5) is 0 Å². The van der Waals surface area contributed by atoms with E-state index in [0.29, 0.717) is 0 Å². The SMILES string of the molecule is CCCCCCCCCCCCCCCCc1nccc2ccccc12. The Morgan fingerprint density at radius 1 is 0.615 bits per heavy atom. The van der Waals surface area contributed by atoms with Crippen LogP contribution in [0.5, 0.6) is 0 Å². The van der Waals surface area contributed by atoms with Gasteiger partial charge in [-0.05, 0) is 24.3 Å². The van der Waals surface area contributed by atoms with Gasteiger partial charge < -0.3 is 0 Å². The maximum atomic E-state index is 4.61. The Morgan fingerprint density at radius 3 is 1.77 bits per heavy atom. The summed E-state index contributed by atoms with van der Waals surface area (Å²) in [6.07, 6.45) is 22.9. The summed E-state index contributed by atoms with van der Waals surface area (Å²) in [5.74, 6) is 0. The summed E-state index contributed by atoms with van der Waals surface area (Å²) in [5.41, 5.74) is 1.28. The van der Waals surface area contributed by atoms with Gasteiger partial charge in [0.15, 0.2) is 0 Å². The molecule has 1 heteroatoms. The number of nitrogens with zero attached hydrogens (tertiary/aromatic N) is 1. The van der Waals surface area contributed by atoms with Gasteiger partial charge in [0.2, 0.25) is 0 Å². The lowest BCUT2D eigenvalue weighted by Crippen LogP contribution is -1.92. The first-order chi connectivity index (χ1) is 12.9. The second-order valence-corrected chi connectivity index (χ2v) is 7.82. The highest BCUT2D eigenvalue weighted by Gasteiger charge is 2.01. The van der Waals surface area contributed by atoms with E-state index in [2.05, 4.69) is 42.2 Å². The van der Waals surface area contributed by atoms with E-state index in [0.717, 1.165) is 6.42 Å². The lowest BCUT2D eigenvalue weighted by molar-refractivity contribution is 0.535. The molecule has 144 valence electrons. The van der Waals surface area contributed by atoms with Crippen molar-refractivity contribution in [2.75, 3.05) is 0 Å². The van der Waals surface area contributed by atoms with Crippen molar-refractivity contribution >= 4 is 10.8 Å². The van der Waals surface area contributed by atoms with Crippen LogP contribution in [0.2, 0.25) is 0 Å². The van der Waals surface area contributed by atoms with E-state index in [1.807, 2.05) is 6.20 Å². The van der Waals surface area contributed by atoms with E-state index in [-0.39, 0.29) is 0 Å². The van der Waals surface area contributed by atoms with Crippen LogP contribution in [-0.2, 0) is 6.42 Å². The molecule has 1 nitrogen and oxygen atoms in total. The molecule has 0 spiro atoms. The highest BCUT2D eigenvalue weighted by molar-refractivity contribution is 5.84. The minimum Gasteiger partial charge on any atom is -0.261 e. The molecule has 0 saturated carbocycles. The van der Waals surface area contributed by atoms with Crippen molar-refractivity contribution in [2.24, 2.45) is 0 Å². The Kier molecular flexibility index (Phi) is 11.1. The molecule has 1 aromatic carbocycles. The maximum Gasteiger partial charge on any atom is 0.0481 e. The second kappa shape index (κ2) is 13.8. The zero-order valence-corrected chi connectivity index (χ0v) is 17.0. The zero-order valence-electron chi connectivity index (χ0n) is 17.0. The van der Waals surface area contributed by atoms with Crippen molar-refractivity contribution < 1.29 is 0 Å². The molecular formula is C25H39N. The molecule has 0 atom stereocenters. The summed E-state index contributed by atoms with van der Waals surface area (Å²) >= 11 is 0. The predicted octanol–water partition coefficient (Wildman–Crippen LogP) is 8.26. The van der Waals surface area contributed by atoms with E-state index in [4.69, 9.17) is 0 Å². The number of unbranched alkanes of at least 4 members (excludes halogenated alkanes) is 13. The Morgan fingerprint density at radius 2 is 1.15 bits per heavy atom. The summed E-state index contributed by atoms with van der Waals surface area (Å²) in [7, 11) is 0. The van der Waals surface area contributed by atoms with Crippen molar-refractivity contribution in [1.29, 1.82) is 0 Å². The van der Waals surface area contributed by atoms with Gasteiger partial charge in [0, 0.05) is 17.3 Å². The van der Waals surface area contributed by atoms with E-state index >= 15 is 0 Å². The topological polar surface area (TPSA) is 12.9 Å². The van der Waals surface area contributed by atoms with E-state index in [9.17, 15) is 0 Å². The van der Waals surface area contributed by atoms with Gasteiger partial charge in [-0.15, -0.1) is 0 Å². The smallest absolute Gasteiger partial charge is 0.0481 e. The number of pyridine rings is 1.